The van der Waals surface area contributed by atoms with Crippen molar-refractivity contribution in [1.82, 2.24) is 15.0 Å². The van der Waals surface area contributed by atoms with Gasteiger partial charge >= 0.3 is 0 Å². The summed E-state index contributed by atoms with van der Waals surface area (Å²) in [4.78, 5) is 15.5. The molecule has 2 atom stereocenters. The van der Waals surface area contributed by atoms with Crippen molar-refractivity contribution in [1.29, 1.82) is 0 Å². The van der Waals surface area contributed by atoms with E-state index in [-0.39, 0.29) is 5.92 Å². The van der Waals surface area contributed by atoms with Crippen LogP contribution in [0, 0.1) is 0 Å². The van der Waals surface area contributed by atoms with Crippen LogP contribution in [0.5, 0.6) is 0 Å². The van der Waals surface area contributed by atoms with Crippen LogP contribution < -0.4 is 0 Å². The highest BCUT2D eigenvalue weighted by Gasteiger charge is 2.30. The van der Waals surface area contributed by atoms with Gasteiger partial charge in [0.25, 0.3) is 0 Å². The average Bonchev–Trinajstić information content (AvgIpc) is 4.03. The second kappa shape index (κ2) is 17.2. The first-order chi connectivity index (χ1) is 35.6. The van der Waals surface area contributed by atoms with Gasteiger partial charge in [0, 0.05) is 38.2 Å². The lowest BCUT2D eigenvalue weighted by Gasteiger charge is -2.32. The molecule has 12 aromatic rings. The molecule has 0 saturated carbocycles. The molecule has 3 heterocycles. The standard InChI is InChI=1S/C67H47N3O2/c1-41(56-37-49-33-32-48(43-18-7-3-8-19-43)36-57(49)52-23-12-11-22-51(52)56)47-34-35-55-61(39-47)72-60-27-15-25-53(63(55)60)58-38-50(40-62-64(58)54-24-13-14-26-59(54)71-62)67-69-65(45-20-9-4-10-21-45)68-66(70-67)46-30-28-44(29-31-46)42-16-5-2-6-17-42/h3-5,7-36,38-41,56H,2,6,37H2,1H3. The van der Waals surface area contributed by atoms with Gasteiger partial charge in [0.2, 0.25) is 0 Å². The highest BCUT2D eigenvalue weighted by atomic mass is 16.3. The molecule has 0 fully saturated rings. The SMILES string of the molecule is CC(c1ccc2c(c1)oc1cccc(-c3cc(-c4nc(-c5ccccc5)nc(-c5ccc(C6=CCCC=C6)cc5)n4)cc4oc5ccccc5c34)c12)C1Cc2ccc(-c3ccccc3)cc2-c2ccccc21. The fourth-order valence-corrected chi connectivity index (χ4v) is 11.4. The molecular formula is C67H47N3O2. The molecule has 0 radical (unpaired) electrons. The first-order valence-corrected chi connectivity index (χ1v) is 25.1. The lowest BCUT2D eigenvalue weighted by molar-refractivity contribution is 0.567. The molecule has 72 heavy (non-hydrogen) atoms. The summed E-state index contributed by atoms with van der Waals surface area (Å²) in [7, 11) is 0. The van der Waals surface area contributed by atoms with Crippen molar-refractivity contribution < 1.29 is 8.83 Å². The number of fused-ring (bicyclic) bond motifs is 9. The Morgan fingerprint density at radius 3 is 1.86 bits per heavy atom. The van der Waals surface area contributed by atoms with Crippen LogP contribution in [0.2, 0.25) is 0 Å². The lowest BCUT2D eigenvalue weighted by Crippen LogP contribution is -2.17. The second-order valence-electron chi connectivity index (χ2n) is 19.3. The minimum atomic E-state index is 0.231. The van der Waals surface area contributed by atoms with Gasteiger partial charge in [0.05, 0.1) is 0 Å². The summed E-state index contributed by atoms with van der Waals surface area (Å²) in [6.07, 6.45) is 9.85. The minimum absolute atomic E-state index is 0.231. The molecule has 3 aromatic heterocycles. The van der Waals surface area contributed by atoms with Gasteiger partial charge in [-0.1, -0.05) is 189 Å². The van der Waals surface area contributed by atoms with E-state index in [1.165, 1.54) is 50.1 Å². The largest absolute Gasteiger partial charge is 0.456 e. The number of furan rings is 2. The molecule has 5 heteroatoms. The van der Waals surface area contributed by atoms with E-state index >= 15 is 0 Å². The zero-order valence-electron chi connectivity index (χ0n) is 39.7. The molecule has 0 aliphatic heterocycles. The molecule has 0 amide bonds. The average molecular weight is 926 g/mol. The Hall–Kier alpha value is -8.93. The first-order valence-electron chi connectivity index (χ1n) is 25.1. The summed E-state index contributed by atoms with van der Waals surface area (Å²) in [6, 6.07) is 71.3. The van der Waals surface area contributed by atoms with Crippen molar-refractivity contribution >= 4 is 49.5 Å². The van der Waals surface area contributed by atoms with Gasteiger partial charge in [-0.15, -0.1) is 0 Å². The molecule has 2 unspecified atom stereocenters. The monoisotopic (exact) mass is 925 g/mol. The Balaban J connectivity index is 0.883. The van der Waals surface area contributed by atoms with E-state index in [0.717, 1.165) is 91.0 Å². The number of hydrogen-bond donors (Lipinski definition) is 0. The smallest absolute Gasteiger partial charge is 0.164 e. The molecule has 0 spiro atoms. The number of aromatic nitrogens is 3. The predicted molar refractivity (Wildman–Crippen MR) is 295 cm³/mol. The second-order valence-corrected chi connectivity index (χ2v) is 19.3. The minimum Gasteiger partial charge on any atom is -0.456 e. The van der Waals surface area contributed by atoms with Gasteiger partial charge in [-0.2, -0.15) is 0 Å². The molecule has 5 nitrogen and oxygen atoms in total. The first kappa shape index (κ1) is 42.0. The number of rotatable bonds is 8. The molecule has 9 aromatic carbocycles. The van der Waals surface area contributed by atoms with E-state index in [0.29, 0.717) is 23.4 Å². The third kappa shape index (κ3) is 7.19. The number of benzene rings is 9. The van der Waals surface area contributed by atoms with Crippen molar-refractivity contribution in [2.75, 3.05) is 0 Å². The van der Waals surface area contributed by atoms with Crippen LogP contribution in [0.25, 0.3) is 117 Å². The molecule has 2 aliphatic rings. The number of nitrogens with zero attached hydrogens (tertiary/aromatic N) is 3. The molecule has 0 saturated heterocycles. The molecule has 2 aliphatic carbocycles. The molecule has 342 valence electrons. The highest BCUT2D eigenvalue weighted by Crippen LogP contribution is 2.49. The lowest BCUT2D eigenvalue weighted by atomic mass is 9.71. The number of para-hydroxylation sites is 1. The maximum Gasteiger partial charge on any atom is 0.164 e. The zero-order chi connectivity index (χ0) is 47.7. The van der Waals surface area contributed by atoms with E-state index in [1.807, 2.05) is 42.5 Å². The quantitative estimate of drug-likeness (QED) is 0.152. The van der Waals surface area contributed by atoms with E-state index in [1.54, 1.807) is 0 Å². The maximum atomic E-state index is 6.88. The third-order valence-electron chi connectivity index (χ3n) is 15.1. The summed E-state index contributed by atoms with van der Waals surface area (Å²) >= 11 is 0. The Bertz CT molecular complexity index is 4140. The zero-order valence-corrected chi connectivity index (χ0v) is 39.7. The van der Waals surface area contributed by atoms with E-state index in [9.17, 15) is 0 Å². The molecule has 0 bridgehead atoms. The van der Waals surface area contributed by atoms with E-state index in [2.05, 4.69) is 183 Å². The van der Waals surface area contributed by atoms with E-state index in [4.69, 9.17) is 23.8 Å². The third-order valence-corrected chi connectivity index (χ3v) is 15.1. The normalized spacial score (nSPS) is 14.7. The van der Waals surface area contributed by atoms with Crippen LogP contribution in [0.15, 0.2) is 227 Å². The van der Waals surface area contributed by atoms with Crippen LogP contribution in [-0.4, -0.2) is 15.0 Å². The summed E-state index contributed by atoms with van der Waals surface area (Å²) in [5, 5.41) is 4.21. The van der Waals surface area contributed by atoms with Gasteiger partial charge in [-0.05, 0) is 129 Å². The van der Waals surface area contributed by atoms with Gasteiger partial charge < -0.3 is 8.83 Å². The Morgan fingerprint density at radius 1 is 0.431 bits per heavy atom. The topological polar surface area (TPSA) is 65.0 Å². The Morgan fingerprint density at radius 2 is 1.06 bits per heavy atom. The molecule has 14 rings (SSSR count). The van der Waals surface area contributed by atoms with Crippen LogP contribution in [0.1, 0.15) is 53.9 Å². The predicted octanol–water partition coefficient (Wildman–Crippen LogP) is 17.8. The summed E-state index contributed by atoms with van der Waals surface area (Å²) in [5.74, 6) is 2.31. The van der Waals surface area contributed by atoms with E-state index < -0.39 is 0 Å². The van der Waals surface area contributed by atoms with Gasteiger partial charge in [-0.3, -0.25) is 0 Å². The number of hydrogen-bond acceptors (Lipinski definition) is 5. The Kier molecular flexibility index (Phi) is 10.0. The fourth-order valence-electron chi connectivity index (χ4n) is 11.4. The van der Waals surface area contributed by atoms with Gasteiger partial charge in [-0.25, -0.2) is 15.0 Å². The van der Waals surface area contributed by atoms with Crippen molar-refractivity contribution in [2.24, 2.45) is 0 Å². The highest BCUT2D eigenvalue weighted by molar-refractivity contribution is 6.20. The van der Waals surface area contributed by atoms with Crippen molar-refractivity contribution in [2.45, 2.75) is 38.0 Å². The summed E-state index contributed by atoms with van der Waals surface area (Å²) in [6.45, 7) is 2.38. The van der Waals surface area contributed by atoms with Gasteiger partial charge in [0.15, 0.2) is 17.5 Å². The van der Waals surface area contributed by atoms with Crippen molar-refractivity contribution in [3.8, 4) is 67.5 Å². The van der Waals surface area contributed by atoms with Crippen LogP contribution in [0.3, 0.4) is 0 Å². The summed E-state index contributed by atoms with van der Waals surface area (Å²) in [5.41, 5.74) is 19.7. The molecular weight excluding hydrogens is 879 g/mol. The van der Waals surface area contributed by atoms with Crippen LogP contribution in [-0.2, 0) is 6.42 Å². The van der Waals surface area contributed by atoms with Crippen molar-refractivity contribution in [3.63, 3.8) is 0 Å². The van der Waals surface area contributed by atoms with Crippen LogP contribution in [0.4, 0.5) is 0 Å². The fraction of sp³-hybridized carbons (Fsp3) is 0.0896. The van der Waals surface area contributed by atoms with Crippen molar-refractivity contribution in [3.05, 3.63) is 241 Å². The molecule has 0 N–H and O–H groups in total. The summed E-state index contributed by atoms with van der Waals surface area (Å²) < 4.78 is 13.6. The Labute approximate surface area is 417 Å². The number of allylic oxidation sites excluding steroid dienone is 4. The maximum absolute atomic E-state index is 6.88. The van der Waals surface area contributed by atoms with Crippen LogP contribution >= 0.6 is 0 Å². The van der Waals surface area contributed by atoms with Gasteiger partial charge in [0.1, 0.15) is 22.3 Å².